The van der Waals surface area contributed by atoms with Gasteiger partial charge in [0.05, 0.1) is 12.6 Å². The van der Waals surface area contributed by atoms with E-state index in [9.17, 15) is 4.39 Å². The van der Waals surface area contributed by atoms with E-state index in [1.807, 2.05) is 17.6 Å². The zero-order valence-corrected chi connectivity index (χ0v) is 18.0. The summed E-state index contributed by atoms with van der Waals surface area (Å²) in [5.74, 6) is 2.45. The number of hydrogen-bond acceptors (Lipinski definition) is 6. The molecule has 8 heteroatoms. The number of hydrazine groups is 1. The lowest BCUT2D eigenvalue weighted by Crippen LogP contribution is -2.35. The van der Waals surface area contributed by atoms with Crippen molar-refractivity contribution < 1.29 is 9.13 Å². The van der Waals surface area contributed by atoms with E-state index in [-0.39, 0.29) is 5.82 Å². The van der Waals surface area contributed by atoms with Gasteiger partial charge >= 0.3 is 0 Å². The molecule has 0 radical (unpaired) electrons. The van der Waals surface area contributed by atoms with E-state index in [1.165, 1.54) is 12.5 Å². The second-order valence-corrected chi connectivity index (χ2v) is 8.61. The van der Waals surface area contributed by atoms with Gasteiger partial charge in [0.15, 0.2) is 0 Å². The molecular weight excluding hydrogens is 395 g/mol. The monoisotopic (exact) mass is 424 g/mol. The second kappa shape index (κ2) is 8.43. The number of benzene rings is 1. The first-order valence-corrected chi connectivity index (χ1v) is 11.0. The highest BCUT2D eigenvalue weighted by molar-refractivity contribution is 5.88. The van der Waals surface area contributed by atoms with Gasteiger partial charge in [-0.25, -0.2) is 14.4 Å². The molecule has 31 heavy (non-hydrogen) atoms. The molecule has 1 aromatic carbocycles. The molecule has 5 rings (SSSR count). The molecule has 164 valence electrons. The van der Waals surface area contributed by atoms with Crippen molar-refractivity contribution in [2.75, 3.05) is 25.5 Å². The van der Waals surface area contributed by atoms with Crippen LogP contribution in [0.4, 0.5) is 10.2 Å². The van der Waals surface area contributed by atoms with Crippen LogP contribution in [-0.2, 0) is 6.54 Å². The number of halogens is 1. The predicted octanol–water partition coefficient (Wildman–Crippen LogP) is 3.36. The number of methoxy groups -OCH3 is 1. The van der Waals surface area contributed by atoms with E-state index < -0.39 is 0 Å². The fraction of sp³-hybridized carbons (Fsp3) is 0.478. The fourth-order valence-electron chi connectivity index (χ4n) is 5.14. The summed E-state index contributed by atoms with van der Waals surface area (Å²) < 4.78 is 21.9. The molecule has 2 aliphatic rings. The molecule has 2 fully saturated rings. The standard InChI is InChI=1S/C23H29FN6O/c1-14-9-17-21(31-2)6-5-18(24)23(17)30(14)8-7-25-22-11-19(26-13-27-22)15-3-4-16-12-28-29-20(16)10-15/h5-6,9,11,13,15-16,20,28-29H,3-4,7-8,10,12H2,1-2H3,(H,25,26,27). The van der Waals surface area contributed by atoms with Gasteiger partial charge in [0, 0.05) is 54.4 Å². The molecule has 7 nitrogen and oxygen atoms in total. The topological polar surface area (TPSA) is 76.0 Å². The second-order valence-electron chi connectivity index (χ2n) is 8.61. The minimum absolute atomic E-state index is 0.237. The highest BCUT2D eigenvalue weighted by Crippen LogP contribution is 2.36. The number of ether oxygens (including phenoxy) is 1. The first-order chi connectivity index (χ1) is 15.1. The van der Waals surface area contributed by atoms with E-state index in [4.69, 9.17) is 4.74 Å². The van der Waals surface area contributed by atoms with Crippen molar-refractivity contribution in [3.05, 3.63) is 47.8 Å². The fourth-order valence-corrected chi connectivity index (χ4v) is 5.14. The van der Waals surface area contributed by atoms with Gasteiger partial charge in [-0.15, -0.1) is 0 Å². The van der Waals surface area contributed by atoms with E-state index in [0.717, 1.165) is 47.9 Å². The summed E-state index contributed by atoms with van der Waals surface area (Å²) in [6.45, 7) is 4.32. The van der Waals surface area contributed by atoms with Crippen molar-refractivity contribution >= 4 is 16.7 Å². The van der Waals surface area contributed by atoms with Crippen LogP contribution in [0, 0.1) is 18.7 Å². The number of rotatable bonds is 6. The number of fused-ring (bicyclic) bond motifs is 2. The summed E-state index contributed by atoms with van der Waals surface area (Å²) in [5, 5.41) is 4.20. The Hall–Kier alpha value is -2.71. The summed E-state index contributed by atoms with van der Waals surface area (Å²) in [5.41, 5.74) is 9.37. The molecule has 0 spiro atoms. The van der Waals surface area contributed by atoms with Gasteiger partial charge in [-0.05, 0) is 50.3 Å². The largest absolute Gasteiger partial charge is 0.496 e. The van der Waals surface area contributed by atoms with Gasteiger partial charge in [-0.1, -0.05) is 0 Å². The average Bonchev–Trinajstić information content (AvgIpc) is 3.38. The maximum atomic E-state index is 14.6. The van der Waals surface area contributed by atoms with Crippen LogP contribution in [0.5, 0.6) is 5.75 Å². The van der Waals surface area contributed by atoms with E-state index in [2.05, 4.69) is 32.2 Å². The van der Waals surface area contributed by atoms with Crippen LogP contribution in [0.15, 0.2) is 30.6 Å². The molecule has 1 aliphatic carbocycles. The SMILES string of the molecule is COc1ccc(F)c2c1cc(C)n2CCNc1cc(C2CCC3CNNC3C2)ncn1. The molecular formula is C23H29FN6O. The minimum Gasteiger partial charge on any atom is -0.496 e. The van der Waals surface area contributed by atoms with Gasteiger partial charge in [0.25, 0.3) is 0 Å². The quantitative estimate of drug-likeness (QED) is 0.563. The van der Waals surface area contributed by atoms with Crippen molar-refractivity contribution in [2.24, 2.45) is 5.92 Å². The number of hydrogen-bond donors (Lipinski definition) is 3. The van der Waals surface area contributed by atoms with Crippen LogP contribution in [0.3, 0.4) is 0 Å². The molecule has 3 heterocycles. The minimum atomic E-state index is -0.237. The number of aromatic nitrogens is 3. The number of nitrogens with one attached hydrogen (secondary N) is 3. The molecule has 1 aliphatic heterocycles. The van der Waals surface area contributed by atoms with E-state index in [1.54, 1.807) is 19.5 Å². The van der Waals surface area contributed by atoms with E-state index >= 15 is 0 Å². The predicted molar refractivity (Wildman–Crippen MR) is 119 cm³/mol. The molecule has 3 unspecified atom stereocenters. The van der Waals surface area contributed by atoms with Gasteiger partial charge < -0.3 is 14.6 Å². The van der Waals surface area contributed by atoms with E-state index in [0.29, 0.717) is 36.3 Å². The van der Waals surface area contributed by atoms with Crippen LogP contribution >= 0.6 is 0 Å². The highest BCUT2D eigenvalue weighted by Gasteiger charge is 2.34. The Morgan fingerprint density at radius 2 is 2.16 bits per heavy atom. The molecule has 1 saturated carbocycles. The smallest absolute Gasteiger partial charge is 0.147 e. The molecule has 1 saturated heterocycles. The molecule has 0 bridgehead atoms. The van der Waals surface area contributed by atoms with Crippen molar-refractivity contribution in [2.45, 2.75) is 44.7 Å². The summed E-state index contributed by atoms with van der Waals surface area (Å²) in [6.07, 6.45) is 5.13. The summed E-state index contributed by atoms with van der Waals surface area (Å²) in [6, 6.07) is 7.71. The number of nitrogens with zero attached hydrogens (tertiary/aromatic N) is 3. The average molecular weight is 425 g/mol. The van der Waals surface area contributed by atoms with Crippen LogP contribution < -0.4 is 20.9 Å². The zero-order chi connectivity index (χ0) is 21.4. The molecule has 3 atom stereocenters. The molecule has 0 amide bonds. The first-order valence-electron chi connectivity index (χ1n) is 11.0. The Bertz CT molecular complexity index is 1080. The first kappa shape index (κ1) is 20.2. The molecule has 2 aromatic heterocycles. The summed E-state index contributed by atoms with van der Waals surface area (Å²) >= 11 is 0. The third kappa shape index (κ3) is 3.85. The third-order valence-electron chi connectivity index (χ3n) is 6.79. The van der Waals surface area contributed by atoms with Gasteiger partial charge in [0.2, 0.25) is 0 Å². The third-order valence-corrected chi connectivity index (χ3v) is 6.79. The van der Waals surface area contributed by atoms with Crippen molar-refractivity contribution in [3.63, 3.8) is 0 Å². The number of anilines is 1. The molecule has 3 aromatic rings. The summed E-state index contributed by atoms with van der Waals surface area (Å²) in [7, 11) is 1.61. The maximum absolute atomic E-state index is 14.6. The van der Waals surface area contributed by atoms with Crippen LogP contribution in [0.2, 0.25) is 0 Å². The van der Waals surface area contributed by atoms with Crippen LogP contribution in [0.1, 0.15) is 36.6 Å². The molecule has 3 N–H and O–H groups in total. The Labute approximate surface area is 181 Å². The Morgan fingerprint density at radius 1 is 1.26 bits per heavy atom. The van der Waals surface area contributed by atoms with Gasteiger partial charge in [0.1, 0.15) is 23.7 Å². The van der Waals surface area contributed by atoms with Crippen molar-refractivity contribution in [3.8, 4) is 5.75 Å². The normalized spacial score (nSPS) is 23.1. The number of aryl methyl sites for hydroxylation is 1. The lowest BCUT2D eigenvalue weighted by Gasteiger charge is -2.30. The Morgan fingerprint density at radius 3 is 3.03 bits per heavy atom. The lowest BCUT2D eigenvalue weighted by atomic mass is 9.78. The van der Waals surface area contributed by atoms with Crippen molar-refractivity contribution in [1.82, 2.24) is 25.4 Å². The lowest BCUT2D eigenvalue weighted by molar-refractivity contribution is 0.300. The maximum Gasteiger partial charge on any atom is 0.147 e. The highest BCUT2D eigenvalue weighted by atomic mass is 19.1. The van der Waals surface area contributed by atoms with Gasteiger partial charge in [-0.3, -0.25) is 10.9 Å². The van der Waals surface area contributed by atoms with Crippen LogP contribution in [-0.4, -0.2) is 40.8 Å². The Kier molecular flexibility index (Phi) is 5.50. The zero-order valence-electron chi connectivity index (χ0n) is 18.0. The van der Waals surface area contributed by atoms with Gasteiger partial charge in [-0.2, -0.15) is 0 Å². The van der Waals surface area contributed by atoms with Crippen LogP contribution in [0.25, 0.3) is 10.9 Å². The Balaban J connectivity index is 1.27. The summed E-state index contributed by atoms with van der Waals surface area (Å²) in [4.78, 5) is 8.95. The van der Waals surface area contributed by atoms with Crippen molar-refractivity contribution in [1.29, 1.82) is 0 Å².